The van der Waals surface area contributed by atoms with Crippen LogP contribution in [0.1, 0.15) is 19.3 Å². The summed E-state index contributed by atoms with van der Waals surface area (Å²) in [6.45, 7) is 2.44. The van der Waals surface area contributed by atoms with E-state index in [1.165, 1.54) is 6.42 Å². The zero-order chi connectivity index (χ0) is 12.4. The number of nitrogens with one attached hydrogen (secondary N) is 2. The van der Waals surface area contributed by atoms with Gasteiger partial charge in [-0.3, -0.25) is 0 Å². The highest BCUT2D eigenvalue weighted by molar-refractivity contribution is 6.33. The number of hydrogen-bond acceptors (Lipinski definition) is 4. The molecule has 2 heterocycles. The minimum atomic E-state index is 0.280. The molecule has 2 aliphatic heterocycles. The largest absolute Gasteiger partial charge is 0.454 e. The summed E-state index contributed by atoms with van der Waals surface area (Å²) in [7, 11) is 0. The lowest BCUT2D eigenvalue weighted by Crippen LogP contribution is -2.21. The maximum absolute atomic E-state index is 6.25. The summed E-state index contributed by atoms with van der Waals surface area (Å²) in [6.07, 6.45) is 3.47. The van der Waals surface area contributed by atoms with Crippen LogP contribution >= 0.6 is 11.6 Å². The number of anilines is 1. The number of fused-ring (bicyclic) bond motifs is 1. The highest BCUT2D eigenvalue weighted by Gasteiger charge is 2.18. The maximum Gasteiger partial charge on any atom is 0.231 e. The third-order valence-electron chi connectivity index (χ3n) is 3.40. The standard InChI is InChI=1S/C13H17ClN2O2/c14-10-6-12-13(18-8-17-12)7-11(10)16-9-2-1-4-15-5-3-9/h6-7,9,15-16H,1-5,8H2. The summed E-state index contributed by atoms with van der Waals surface area (Å²) in [6, 6.07) is 4.22. The van der Waals surface area contributed by atoms with Crippen molar-refractivity contribution in [3.8, 4) is 11.5 Å². The first-order chi connectivity index (χ1) is 8.83. The van der Waals surface area contributed by atoms with Crippen molar-refractivity contribution in [2.75, 3.05) is 25.2 Å². The number of benzene rings is 1. The van der Waals surface area contributed by atoms with Crippen LogP contribution in [0.15, 0.2) is 12.1 Å². The maximum atomic E-state index is 6.25. The third-order valence-corrected chi connectivity index (χ3v) is 3.71. The van der Waals surface area contributed by atoms with Crippen molar-refractivity contribution in [1.82, 2.24) is 5.32 Å². The van der Waals surface area contributed by atoms with Crippen LogP contribution in [0, 0.1) is 0 Å². The average molecular weight is 269 g/mol. The van der Waals surface area contributed by atoms with Crippen molar-refractivity contribution in [1.29, 1.82) is 0 Å². The minimum absolute atomic E-state index is 0.280. The van der Waals surface area contributed by atoms with Crippen LogP contribution in [0.25, 0.3) is 0 Å². The van der Waals surface area contributed by atoms with E-state index < -0.39 is 0 Å². The van der Waals surface area contributed by atoms with Gasteiger partial charge in [-0.1, -0.05) is 11.6 Å². The second-order valence-corrected chi connectivity index (χ2v) is 5.11. The number of ether oxygens (including phenoxy) is 2. The van der Waals surface area contributed by atoms with Gasteiger partial charge in [0.2, 0.25) is 6.79 Å². The van der Waals surface area contributed by atoms with E-state index in [1.54, 1.807) is 0 Å². The Bertz CT molecular complexity index is 431. The Labute approximate surface area is 112 Å². The third kappa shape index (κ3) is 2.49. The van der Waals surface area contributed by atoms with Crippen LogP contribution in [0.5, 0.6) is 11.5 Å². The zero-order valence-electron chi connectivity index (χ0n) is 10.2. The Hall–Kier alpha value is -1.13. The summed E-state index contributed by atoms with van der Waals surface area (Å²) in [4.78, 5) is 0. The molecule has 2 N–H and O–H groups in total. The van der Waals surface area contributed by atoms with Crippen LogP contribution in [0.4, 0.5) is 5.69 Å². The highest BCUT2D eigenvalue weighted by atomic mass is 35.5. The highest BCUT2D eigenvalue weighted by Crippen LogP contribution is 2.39. The van der Waals surface area contributed by atoms with E-state index in [0.29, 0.717) is 11.1 Å². The second-order valence-electron chi connectivity index (χ2n) is 4.71. The molecule has 4 nitrogen and oxygen atoms in total. The van der Waals surface area contributed by atoms with E-state index in [9.17, 15) is 0 Å². The first-order valence-electron chi connectivity index (χ1n) is 6.39. The molecule has 3 rings (SSSR count). The number of rotatable bonds is 2. The summed E-state index contributed by atoms with van der Waals surface area (Å²) in [5, 5.41) is 7.60. The molecule has 1 unspecified atom stereocenters. The fourth-order valence-electron chi connectivity index (χ4n) is 2.41. The smallest absolute Gasteiger partial charge is 0.231 e. The zero-order valence-corrected chi connectivity index (χ0v) is 10.9. The molecule has 98 valence electrons. The van der Waals surface area contributed by atoms with Crippen molar-refractivity contribution < 1.29 is 9.47 Å². The van der Waals surface area contributed by atoms with Crippen molar-refractivity contribution in [2.24, 2.45) is 0 Å². The van der Waals surface area contributed by atoms with Gasteiger partial charge in [0.15, 0.2) is 11.5 Å². The molecule has 0 amide bonds. The van der Waals surface area contributed by atoms with Crippen molar-refractivity contribution in [2.45, 2.75) is 25.3 Å². The van der Waals surface area contributed by atoms with Gasteiger partial charge in [0.1, 0.15) is 0 Å². The van der Waals surface area contributed by atoms with E-state index in [0.717, 1.165) is 43.1 Å². The van der Waals surface area contributed by atoms with Crippen LogP contribution in [-0.4, -0.2) is 25.9 Å². The molecule has 1 aromatic carbocycles. The molecule has 5 heteroatoms. The minimum Gasteiger partial charge on any atom is -0.454 e. The molecule has 1 saturated heterocycles. The normalized spacial score (nSPS) is 22.6. The SMILES string of the molecule is Clc1cc2c(cc1NC1CCCNCC1)OCO2. The Balaban J connectivity index is 1.75. The van der Waals surface area contributed by atoms with Crippen molar-refractivity contribution in [3.05, 3.63) is 17.2 Å². The second kappa shape index (κ2) is 5.24. The summed E-state index contributed by atoms with van der Waals surface area (Å²) < 4.78 is 10.7. The molecule has 0 aromatic heterocycles. The lowest BCUT2D eigenvalue weighted by Gasteiger charge is -2.18. The van der Waals surface area contributed by atoms with Crippen LogP contribution in [0.2, 0.25) is 5.02 Å². The Morgan fingerprint density at radius 2 is 2.00 bits per heavy atom. The summed E-state index contributed by atoms with van der Waals surface area (Å²) >= 11 is 6.25. The van der Waals surface area contributed by atoms with E-state index in [2.05, 4.69) is 10.6 Å². The Morgan fingerprint density at radius 3 is 2.89 bits per heavy atom. The van der Waals surface area contributed by atoms with E-state index in [-0.39, 0.29) is 6.79 Å². The molecule has 0 bridgehead atoms. The quantitative estimate of drug-likeness (QED) is 0.865. The first kappa shape index (κ1) is 11.9. The van der Waals surface area contributed by atoms with E-state index >= 15 is 0 Å². The van der Waals surface area contributed by atoms with Gasteiger partial charge in [0.05, 0.1) is 10.7 Å². The van der Waals surface area contributed by atoms with Crippen LogP contribution in [0.3, 0.4) is 0 Å². The van der Waals surface area contributed by atoms with Crippen molar-refractivity contribution >= 4 is 17.3 Å². The van der Waals surface area contributed by atoms with E-state index in [4.69, 9.17) is 21.1 Å². The van der Waals surface area contributed by atoms with Gasteiger partial charge in [-0.25, -0.2) is 0 Å². The fourth-order valence-corrected chi connectivity index (χ4v) is 2.62. The van der Waals surface area contributed by atoms with Gasteiger partial charge < -0.3 is 20.1 Å². The van der Waals surface area contributed by atoms with Gasteiger partial charge in [-0.15, -0.1) is 0 Å². The lowest BCUT2D eigenvalue weighted by atomic mass is 10.1. The van der Waals surface area contributed by atoms with Gasteiger partial charge in [0, 0.05) is 18.2 Å². The molecule has 1 atom stereocenters. The molecule has 18 heavy (non-hydrogen) atoms. The van der Waals surface area contributed by atoms with Crippen LogP contribution < -0.4 is 20.1 Å². The topological polar surface area (TPSA) is 42.5 Å². The fraction of sp³-hybridized carbons (Fsp3) is 0.538. The lowest BCUT2D eigenvalue weighted by molar-refractivity contribution is 0.174. The monoisotopic (exact) mass is 268 g/mol. The molecular weight excluding hydrogens is 252 g/mol. The average Bonchev–Trinajstić information content (AvgIpc) is 2.65. The van der Waals surface area contributed by atoms with E-state index in [1.807, 2.05) is 12.1 Å². The number of halogens is 1. The predicted molar refractivity (Wildman–Crippen MR) is 71.7 cm³/mol. The Kier molecular flexibility index (Phi) is 3.48. The summed E-state index contributed by atoms with van der Waals surface area (Å²) in [5.41, 5.74) is 0.938. The van der Waals surface area contributed by atoms with Gasteiger partial charge >= 0.3 is 0 Å². The molecule has 1 aromatic rings. The van der Waals surface area contributed by atoms with Gasteiger partial charge in [-0.2, -0.15) is 0 Å². The molecule has 2 aliphatic rings. The molecular formula is C13H17ClN2O2. The first-order valence-corrected chi connectivity index (χ1v) is 6.77. The van der Waals surface area contributed by atoms with Gasteiger partial charge in [-0.05, 0) is 32.4 Å². The summed E-state index contributed by atoms with van der Waals surface area (Å²) in [5.74, 6) is 1.50. The van der Waals surface area contributed by atoms with Crippen molar-refractivity contribution in [3.63, 3.8) is 0 Å². The molecule has 0 aliphatic carbocycles. The van der Waals surface area contributed by atoms with Crippen LogP contribution in [-0.2, 0) is 0 Å². The Morgan fingerprint density at radius 1 is 1.17 bits per heavy atom. The number of hydrogen-bond donors (Lipinski definition) is 2. The molecule has 1 fully saturated rings. The molecule has 0 radical (unpaired) electrons. The predicted octanol–water partition coefficient (Wildman–Crippen LogP) is 2.62. The van der Waals surface area contributed by atoms with Gasteiger partial charge in [0.25, 0.3) is 0 Å². The molecule has 0 spiro atoms. The molecule has 0 saturated carbocycles.